The second-order valence-corrected chi connectivity index (χ2v) is 5.26. The van der Waals surface area contributed by atoms with E-state index in [2.05, 4.69) is 25.3 Å². The highest BCUT2D eigenvalue weighted by Crippen LogP contribution is 2.38. The molecule has 1 heterocycles. The van der Waals surface area contributed by atoms with E-state index in [1.165, 1.54) is 19.9 Å². The molecule has 3 heteroatoms. The van der Waals surface area contributed by atoms with Crippen molar-refractivity contribution >= 4 is 33.2 Å². The predicted octanol–water partition coefficient (Wildman–Crippen LogP) is 3.94. The van der Waals surface area contributed by atoms with Gasteiger partial charge in [0.2, 0.25) is 0 Å². The van der Waals surface area contributed by atoms with Gasteiger partial charge in [-0.2, -0.15) is 0 Å². The zero-order valence-electron chi connectivity index (χ0n) is 8.46. The summed E-state index contributed by atoms with van der Waals surface area (Å²) in [5, 5.41) is 1.24. The smallest absolute Gasteiger partial charge is 0.127 e. The summed E-state index contributed by atoms with van der Waals surface area (Å²) in [6.07, 6.45) is 2.10. The Hall–Kier alpha value is -0.670. The van der Waals surface area contributed by atoms with Crippen molar-refractivity contribution in [3.05, 3.63) is 23.8 Å². The first-order chi connectivity index (χ1) is 6.76. The van der Waals surface area contributed by atoms with Gasteiger partial charge in [0.25, 0.3) is 0 Å². The number of benzene rings is 1. The maximum absolute atomic E-state index is 5.34. The van der Waals surface area contributed by atoms with Crippen molar-refractivity contribution in [3.63, 3.8) is 0 Å². The summed E-state index contributed by atoms with van der Waals surface area (Å²) in [5.74, 6) is 0.974. The van der Waals surface area contributed by atoms with Crippen molar-refractivity contribution in [2.75, 3.05) is 13.4 Å². The normalized spacial score (nSPS) is 10.8. The number of hydrogen-bond donors (Lipinski definition) is 0. The van der Waals surface area contributed by atoms with Crippen LogP contribution >= 0.6 is 23.1 Å². The molecule has 1 aromatic carbocycles. The van der Waals surface area contributed by atoms with Crippen LogP contribution in [0.25, 0.3) is 10.1 Å². The van der Waals surface area contributed by atoms with Gasteiger partial charge in [0, 0.05) is 10.1 Å². The number of rotatable bonds is 2. The summed E-state index contributed by atoms with van der Waals surface area (Å²) in [6.45, 7) is 2.14. The van der Waals surface area contributed by atoms with Crippen molar-refractivity contribution in [2.45, 2.75) is 11.1 Å². The number of ether oxygens (including phenoxy) is 1. The van der Waals surface area contributed by atoms with E-state index in [0.717, 1.165) is 5.75 Å². The number of methoxy groups -OCH3 is 1. The molecule has 1 aromatic heterocycles. The van der Waals surface area contributed by atoms with Crippen LogP contribution in [0.2, 0.25) is 0 Å². The fourth-order valence-electron chi connectivity index (χ4n) is 1.49. The molecule has 14 heavy (non-hydrogen) atoms. The van der Waals surface area contributed by atoms with E-state index in [4.69, 9.17) is 4.74 Å². The third-order valence-corrected chi connectivity index (χ3v) is 4.57. The van der Waals surface area contributed by atoms with Crippen LogP contribution in [0, 0.1) is 6.92 Å². The summed E-state index contributed by atoms with van der Waals surface area (Å²) in [7, 11) is 1.72. The quantitative estimate of drug-likeness (QED) is 0.715. The van der Waals surface area contributed by atoms with Crippen LogP contribution in [-0.4, -0.2) is 13.4 Å². The SMILES string of the molecule is COc1ccc(C)c2sc(SC)cc12. The first-order valence-corrected chi connectivity index (χ1v) is 6.41. The van der Waals surface area contributed by atoms with Gasteiger partial charge in [-0.05, 0) is 30.9 Å². The summed E-state index contributed by atoms with van der Waals surface area (Å²) in [4.78, 5) is 0. The van der Waals surface area contributed by atoms with E-state index in [1.807, 2.05) is 17.4 Å². The van der Waals surface area contributed by atoms with Gasteiger partial charge in [-0.25, -0.2) is 0 Å². The van der Waals surface area contributed by atoms with Crippen LogP contribution in [0.15, 0.2) is 22.4 Å². The number of thiophene rings is 1. The van der Waals surface area contributed by atoms with Gasteiger partial charge in [0.05, 0.1) is 11.3 Å². The Bertz CT molecular complexity index is 460. The highest BCUT2D eigenvalue weighted by Gasteiger charge is 2.08. The Morgan fingerprint density at radius 2 is 2.14 bits per heavy atom. The Kier molecular flexibility index (Phi) is 2.70. The topological polar surface area (TPSA) is 9.23 Å². The number of fused-ring (bicyclic) bond motifs is 1. The standard InChI is InChI=1S/C11H12OS2/c1-7-4-5-9(12-2)8-6-10(13-3)14-11(7)8/h4-6H,1-3H3. The van der Waals surface area contributed by atoms with E-state index in [9.17, 15) is 0 Å². The molecule has 0 spiro atoms. The third-order valence-electron chi connectivity index (χ3n) is 2.24. The van der Waals surface area contributed by atoms with E-state index in [0.29, 0.717) is 0 Å². The molecule has 0 saturated heterocycles. The first-order valence-electron chi connectivity index (χ1n) is 4.37. The summed E-state index contributed by atoms with van der Waals surface area (Å²) < 4.78 is 8.02. The molecule has 0 saturated carbocycles. The zero-order chi connectivity index (χ0) is 10.1. The molecule has 0 N–H and O–H groups in total. The van der Waals surface area contributed by atoms with E-state index >= 15 is 0 Å². The summed E-state index contributed by atoms with van der Waals surface area (Å²) in [5.41, 5.74) is 1.33. The van der Waals surface area contributed by atoms with E-state index in [1.54, 1.807) is 18.9 Å². The van der Waals surface area contributed by atoms with Crippen molar-refractivity contribution in [3.8, 4) is 5.75 Å². The van der Waals surface area contributed by atoms with Gasteiger partial charge < -0.3 is 4.74 Å². The lowest BCUT2D eigenvalue weighted by Gasteiger charge is -2.02. The molecule has 74 valence electrons. The largest absolute Gasteiger partial charge is 0.496 e. The second kappa shape index (κ2) is 3.83. The number of aryl methyl sites for hydroxylation is 1. The van der Waals surface area contributed by atoms with Crippen LogP contribution in [0.5, 0.6) is 5.75 Å². The molecule has 0 radical (unpaired) electrons. The molecule has 0 amide bonds. The van der Waals surface area contributed by atoms with Crippen LogP contribution in [0.3, 0.4) is 0 Å². The second-order valence-electron chi connectivity index (χ2n) is 3.10. The maximum Gasteiger partial charge on any atom is 0.127 e. The highest BCUT2D eigenvalue weighted by molar-refractivity contribution is 8.00. The zero-order valence-corrected chi connectivity index (χ0v) is 10.1. The van der Waals surface area contributed by atoms with E-state index < -0.39 is 0 Å². The molecule has 0 unspecified atom stereocenters. The predicted molar refractivity (Wildman–Crippen MR) is 64.9 cm³/mol. The van der Waals surface area contributed by atoms with Crippen molar-refractivity contribution < 1.29 is 4.74 Å². The lowest BCUT2D eigenvalue weighted by atomic mass is 10.2. The molecule has 2 rings (SSSR count). The minimum absolute atomic E-state index is 0.974. The molecular formula is C11H12OS2. The highest BCUT2D eigenvalue weighted by atomic mass is 32.2. The number of thioether (sulfide) groups is 1. The summed E-state index contributed by atoms with van der Waals surface area (Å²) in [6, 6.07) is 6.35. The average Bonchev–Trinajstić information content (AvgIpc) is 2.63. The maximum atomic E-state index is 5.34. The molecule has 0 fully saturated rings. The Morgan fingerprint density at radius 1 is 1.36 bits per heavy atom. The molecule has 0 bridgehead atoms. The fraction of sp³-hybridized carbons (Fsp3) is 0.273. The molecular weight excluding hydrogens is 212 g/mol. The van der Waals surface area contributed by atoms with Gasteiger partial charge in [-0.15, -0.1) is 23.1 Å². The minimum atomic E-state index is 0.974. The molecule has 2 aromatic rings. The third kappa shape index (κ3) is 1.51. The average molecular weight is 224 g/mol. The minimum Gasteiger partial charge on any atom is -0.496 e. The number of hydrogen-bond acceptors (Lipinski definition) is 3. The monoisotopic (exact) mass is 224 g/mol. The Morgan fingerprint density at radius 3 is 2.79 bits per heavy atom. The molecule has 0 aliphatic carbocycles. The van der Waals surface area contributed by atoms with E-state index in [-0.39, 0.29) is 0 Å². The lowest BCUT2D eigenvalue weighted by molar-refractivity contribution is 0.420. The molecule has 0 aliphatic heterocycles. The van der Waals surface area contributed by atoms with Crippen molar-refractivity contribution in [1.82, 2.24) is 0 Å². The van der Waals surface area contributed by atoms with Crippen molar-refractivity contribution in [1.29, 1.82) is 0 Å². The van der Waals surface area contributed by atoms with Gasteiger partial charge in [0.1, 0.15) is 5.75 Å². The van der Waals surface area contributed by atoms with Crippen LogP contribution in [-0.2, 0) is 0 Å². The van der Waals surface area contributed by atoms with Gasteiger partial charge >= 0.3 is 0 Å². The summed E-state index contributed by atoms with van der Waals surface area (Å²) >= 11 is 3.62. The molecule has 0 atom stereocenters. The van der Waals surface area contributed by atoms with Gasteiger partial charge in [-0.1, -0.05) is 6.07 Å². The lowest BCUT2D eigenvalue weighted by Crippen LogP contribution is -1.83. The molecule has 1 nitrogen and oxygen atoms in total. The van der Waals surface area contributed by atoms with Gasteiger partial charge in [-0.3, -0.25) is 0 Å². The van der Waals surface area contributed by atoms with Crippen LogP contribution in [0.1, 0.15) is 5.56 Å². The first kappa shape index (κ1) is 9.87. The fourth-order valence-corrected chi connectivity index (χ4v) is 3.18. The van der Waals surface area contributed by atoms with Crippen LogP contribution in [0.4, 0.5) is 0 Å². The molecule has 0 aliphatic rings. The van der Waals surface area contributed by atoms with Crippen molar-refractivity contribution in [2.24, 2.45) is 0 Å². The Labute approximate surface area is 92.1 Å². The Balaban J connectivity index is 2.74. The van der Waals surface area contributed by atoms with Crippen LogP contribution < -0.4 is 4.74 Å². The van der Waals surface area contributed by atoms with Gasteiger partial charge in [0.15, 0.2) is 0 Å².